The van der Waals surface area contributed by atoms with Crippen LogP contribution in [0.5, 0.6) is 0 Å². The number of aromatic nitrogens is 3. The Morgan fingerprint density at radius 1 is 1.36 bits per heavy atom. The molecular formula is C17H22FN5O2. The maximum Gasteiger partial charge on any atom is 0.318 e. The number of hydrogen-bond acceptors (Lipinski definition) is 4. The molecule has 2 heterocycles. The number of nitrogens with zero attached hydrogens (tertiary/aromatic N) is 4. The molecule has 8 heteroatoms. The summed E-state index contributed by atoms with van der Waals surface area (Å²) < 4.78 is 21.3. The first kappa shape index (κ1) is 17.3. The van der Waals surface area contributed by atoms with E-state index >= 15 is 0 Å². The van der Waals surface area contributed by atoms with E-state index in [1.165, 1.54) is 13.2 Å². The lowest BCUT2D eigenvalue weighted by Gasteiger charge is -2.30. The van der Waals surface area contributed by atoms with Gasteiger partial charge in [0.25, 0.3) is 0 Å². The Morgan fingerprint density at radius 3 is 2.84 bits per heavy atom. The molecule has 0 spiro atoms. The van der Waals surface area contributed by atoms with Crippen molar-refractivity contribution in [3.8, 4) is 0 Å². The number of benzene rings is 1. The number of methoxy groups -OCH3 is 1. The highest BCUT2D eigenvalue weighted by atomic mass is 19.1. The Hall–Kier alpha value is -2.48. The van der Waals surface area contributed by atoms with E-state index in [9.17, 15) is 9.18 Å². The van der Waals surface area contributed by atoms with Crippen LogP contribution in [0.4, 0.5) is 9.18 Å². The molecule has 0 saturated heterocycles. The number of halogens is 1. The van der Waals surface area contributed by atoms with E-state index in [0.29, 0.717) is 31.0 Å². The second-order valence-corrected chi connectivity index (χ2v) is 6.14. The quantitative estimate of drug-likeness (QED) is 0.918. The molecule has 3 rings (SSSR count). The van der Waals surface area contributed by atoms with Crippen molar-refractivity contribution in [1.82, 2.24) is 25.0 Å². The zero-order valence-corrected chi connectivity index (χ0v) is 14.6. The van der Waals surface area contributed by atoms with Gasteiger partial charge in [-0.05, 0) is 19.9 Å². The molecule has 1 aromatic carbocycles. The van der Waals surface area contributed by atoms with Gasteiger partial charge in [0.15, 0.2) is 0 Å². The lowest BCUT2D eigenvalue weighted by Crippen LogP contribution is -2.48. The molecule has 1 aliphatic heterocycles. The smallest absolute Gasteiger partial charge is 0.318 e. The molecule has 0 aliphatic carbocycles. The molecule has 134 valence electrons. The Balaban J connectivity index is 1.67. The van der Waals surface area contributed by atoms with Crippen molar-refractivity contribution in [3.63, 3.8) is 0 Å². The van der Waals surface area contributed by atoms with E-state index in [0.717, 1.165) is 5.82 Å². The number of rotatable bonds is 4. The molecule has 1 N–H and O–H groups in total. The second kappa shape index (κ2) is 7.18. The first-order valence-corrected chi connectivity index (χ1v) is 8.22. The van der Waals surface area contributed by atoms with Gasteiger partial charge in [-0.25, -0.2) is 18.9 Å². The number of carbonyl (C=O) groups excluding carboxylic acids is 1. The first-order chi connectivity index (χ1) is 12.0. The molecule has 2 atom stereocenters. The zero-order chi connectivity index (χ0) is 18.0. The second-order valence-electron chi connectivity index (χ2n) is 6.14. The summed E-state index contributed by atoms with van der Waals surface area (Å²) in [5.41, 5.74) is 0.423. The molecule has 2 aromatic rings. The van der Waals surface area contributed by atoms with Gasteiger partial charge in [0.1, 0.15) is 23.6 Å². The average Bonchev–Trinajstić information content (AvgIpc) is 2.96. The van der Waals surface area contributed by atoms with Crippen LogP contribution in [0, 0.1) is 12.7 Å². The lowest BCUT2D eigenvalue weighted by molar-refractivity contribution is 0.0699. The van der Waals surface area contributed by atoms with E-state index in [1.807, 2.05) is 11.6 Å². The van der Waals surface area contributed by atoms with Crippen molar-refractivity contribution in [3.05, 3.63) is 47.3 Å². The molecule has 2 amide bonds. The molecule has 25 heavy (non-hydrogen) atoms. The van der Waals surface area contributed by atoms with Gasteiger partial charge in [-0.15, -0.1) is 0 Å². The molecule has 0 bridgehead atoms. The van der Waals surface area contributed by atoms with Crippen LogP contribution >= 0.6 is 0 Å². The summed E-state index contributed by atoms with van der Waals surface area (Å²) in [7, 11) is 1.51. The van der Waals surface area contributed by atoms with Crippen LogP contribution in [0.25, 0.3) is 0 Å². The van der Waals surface area contributed by atoms with Gasteiger partial charge in [-0.2, -0.15) is 5.10 Å². The van der Waals surface area contributed by atoms with E-state index in [2.05, 4.69) is 15.4 Å². The van der Waals surface area contributed by atoms with E-state index in [1.54, 1.807) is 30.0 Å². The Bertz CT molecular complexity index is 763. The zero-order valence-electron chi connectivity index (χ0n) is 14.6. The number of nitrogens with one attached hydrogen (secondary N) is 1. The monoisotopic (exact) mass is 347 g/mol. The Labute approximate surface area is 145 Å². The van der Waals surface area contributed by atoms with Crippen LogP contribution in [0.3, 0.4) is 0 Å². The van der Waals surface area contributed by atoms with E-state index in [-0.39, 0.29) is 11.8 Å². The van der Waals surface area contributed by atoms with Crippen LogP contribution in [0.2, 0.25) is 0 Å². The summed E-state index contributed by atoms with van der Waals surface area (Å²) in [6.45, 7) is 5.19. The fourth-order valence-electron chi connectivity index (χ4n) is 3.10. The van der Waals surface area contributed by atoms with Crippen LogP contribution in [0.1, 0.15) is 30.2 Å². The molecular weight excluding hydrogens is 325 g/mol. The molecule has 1 aromatic heterocycles. The van der Waals surface area contributed by atoms with Gasteiger partial charge in [-0.3, -0.25) is 0 Å². The molecule has 1 aliphatic rings. The predicted molar refractivity (Wildman–Crippen MR) is 89.3 cm³/mol. The van der Waals surface area contributed by atoms with Gasteiger partial charge in [-0.1, -0.05) is 18.2 Å². The largest absolute Gasteiger partial charge is 0.375 e. The molecule has 7 nitrogen and oxygen atoms in total. The van der Waals surface area contributed by atoms with Crippen molar-refractivity contribution in [2.45, 2.75) is 39.1 Å². The highest BCUT2D eigenvalue weighted by Crippen LogP contribution is 2.23. The number of aryl methyl sites for hydroxylation is 1. The molecule has 0 unspecified atom stereocenters. The maximum absolute atomic E-state index is 14.0. The van der Waals surface area contributed by atoms with Crippen LogP contribution in [0.15, 0.2) is 24.3 Å². The molecule has 0 saturated carbocycles. The summed E-state index contributed by atoms with van der Waals surface area (Å²) in [5.74, 6) is 1.12. The highest BCUT2D eigenvalue weighted by molar-refractivity contribution is 5.74. The van der Waals surface area contributed by atoms with E-state index in [4.69, 9.17) is 4.74 Å². The van der Waals surface area contributed by atoms with Crippen molar-refractivity contribution >= 4 is 6.03 Å². The Morgan fingerprint density at radius 2 is 2.12 bits per heavy atom. The normalized spacial score (nSPS) is 16.2. The minimum atomic E-state index is -0.569. The third kappa shape index (κ3) is 3.63. The summed E-state index contributed by atoms with van der Waals surface area (Å²) in [5, 5.41) is 7.18. The summed E-state index contributed by atoms with van der Waals surface area (Å²) >= 11 is 0. The summed E-state index contributed by atoms with van der Waals surface area (Å²) in [4.78, 5) is 18.6. The number of hydrogen-bond donors (Lipinski definition) is 1. The number of ether oxygens (including phenoxy) is 1. The topological polar surface area (TPSA) is 72.3 Å². The summed E-state index contributed by atoms with van der Waals surface area (Å²) in [6, 6.07) is 5.81. The van der Waals surface area contributed by atoms with Crippen molar-refractivity contribution in [1.29, 1.82) is 0 Å². The SMILES string of the molecule is CO[C@@H](c1ccccc1F)[C@@H](C)NC(=O)N1CCn2nc(C)nc2C1. The van der Waals surface area contributed by atoms with Crippen molar-refractivity contribution < 1.29 is 13.9 Å². The van der Waals surface area contributed by atoms with Gasteiger partial charge < -0.3 is 15.0 Å². The Kier molecular flexibility index (Phi) is 4.98. The fourth-order valence-corrected chi connectivity index (χ4v) is 3.10. The molecule has 0 fully saturated rings. The third-order valence-corrected chi connectivity index (χ3v) is 4.33. The minimum Gasteiger partial charge on any atom is -0.375 e. The minimum absolute atomic E-state index is 0.224. The van der Waals surface area contributed by atoms with Crippen molar-refractivity contribution in [2.24, 2.45) is 0 Å². The van der Waals surface area contributed by atoms with Gasteiger partial charge in [0.2, 0.25) is 0 Å². The van der Waals surface area contributed by atoms with E-state index < -0.39 is 12.1 Å². The lowest BCUT2D eigenvalue weighted by atomic mass is 10.0. The van der Waals surface area contributed by atoms with Gasteiger partial charge in [0.05, 0.1) is 19.1 Å². The molecule has 0 radical (unpaired) electrons. The standard InChI is InChI=1S/C17H22FN5O2/c1-11(16(25-3)13-6-4-5-7-14(13)18)19-17(24)22-8-9-23-15(10-22)20-12(2)21-23/h4-7,11,16H,8-10H2,1-3H3,(H,19,24)/t11-,16-/m1/s1. The van der Waals surface area contributed by atoms with Crippen molar-refractivity contribution in [2.75, 3.05) is 13.7 Å². The fraction of sp³-hybridized carbons (Fsp3) is 0.471. The first-order valence-electron chi connectivity index (χ1n) is 8.22. The third-order valence-electron chi connectivity index (χ3n) is 4.33. The van der Waals surface area contributed by atoms with Gasteiger partial charge >= 0.3 is 6.03 Å². The number of fused-ring (bicyclic) bond motifs is 1. The van der Waals surface area contributed by atoms with Crippen LogP contribution in [-0.4, -0.2) is 45.4 Å². The number of carbonyl (C=O) groups is 1. The highest BCUT2D eigenvalue weighted by Gasteiger charge is 2.27. The summed E-state index contributed by atoms with van der Waals surface area (Å²) in [6.07, 6.45) is -0.569. The average molecular weight is 347 g/mol. The van der Waals surface area contributed by atoms with Gasteiger partial charge in [0, 0.05) is 19.2 Å². The number of amides is 2. The van der Waals surface area contributed by atoms with Crippen LogP contribution < -0.4 is 5.32 Å². The number of urea groups is 1. The predicted octanol–water partition coefficient (Wildman–Crippen LogP) is 2.03. The van der Waals surface area contributed by atoms with Crippen LogP contribution in [-0.2, 0) is 17.8 Å². The maximum atomic E-state index is 14.0.